The Morgan fingerprint density at radius 1 is 0.519 bits per heavy atom. The summed E-state index contributed by atoms with van der Waals surface area (Å²) in [4.78, 5) is 0. The highest BCUT2D eigenvalue weighted by molar-refractivity contribution is 5.10. The van der Waals surface area contributed by atoms with E-state index in [1.54, 1.807) is 10.1 Å². The van der Waals surface area contributed by atoms with Crippen LogP contribution in [0.1, 0.15) is 160 Å². The number of ether oxygens (including phenoxy) is 6. The third kappa shape index (κ3) is 8.05. The summed E-state index contributed by atoms with van der Waals surface area (Å²) in [5, 5.41) is 25.8. The van der Waals surface area contributed by atoms with Crippen molar-refractivity contribution in [2.24, 2.45) is 22.7 Å². The molecule has 0 aromatic carbocycles. The maximum atomic E-state index is 11.3. The molecule has 2 spiro atoms. The smallest absolute Gasteiger partial charge is 0.174 e. The highest BCUT2D eigenvalue weighted by Gasteiger charge is 2.64. The van der Waals surface area contributed by atoms with Gasteiger partial charge in [0.05, 0.1) is 50.7 Å². The number of unbranched alkanes of at least 4 members (excludes halogenated alkanes) is 3. The van der Waals surface area contributed by atoms with E-state index >= 15 is 0 Å². The number of hydrogen-bond acceptors (Lipinski definition) is 10. The van der Waals surface area contributed by atoms with E-state index in [4.69, 9.17) is 28.4 Å². The molecule has 6 unspecified atom stereocenters. The van der Waals surface area contributed by atoms with Crippen molar-refractivity contribution >= 4 is 0 Å². The Kier molecular flexibility index (Phi) is 14.5. The van der Waals surface area contributed by atoms with Gasteiger partial charge in [-0.15, -0.1) is 0 Å². The summed E-state index contributed by atoms with van der Waals surface area (Å²) < 4.78 is 39.5. The number of piperidine rings is 2. The van der Waals surface area contributed by atoms with Crippen molar-refractivity contribution in [1.29, 1.82) is 0 Å². The zero-order chi connectivity index (χ0) is 38.7. The summed E-state index contributed by atoms with van der Waals surface area (Å²) in [7, 11) is 0. The molecule has 52 heavy (non-hydrogen) atoms. The van der Waals surface area contributed by atoms with Crippen molar-refractivity contribution in [1.82, 2.24) is 10.1 Å². The van der Waals surface area contributed by atoms with Gasteiger partial charge in [0, 0.05) is 59.8 Å². The van der Waals surface area contributed by atoms with Crippen molar-refractivity contribution in [3.63, 3.8) is 0 Å². The lowest BCUT2D eigenvalue weighted by Gasteiger charge is -2.63. The van der Waals surface area contributed by atoms with Gasteiger partial charge in [0.2, 0.25) is 0 Å². The molecule has 4 rings (SSSR count). The fourth-order valence-corrected chi connectivity index (χ4v) is 9.62. The second-order valence-electron chi connectivity index (χ2n) is 18.5. The SMILES string of the molecule is CCC1(COCCCCCCOCC2(CC)COC3(CC(C)(CC)N(O)C(C)(CC)C3C)OC2)COC2(CC(C)(CC)N(O)C(C)(CC)C2C)OC1. The summed E-state index contributed by atoms with van der Waals surface area (Å²) in [5.74, 6) is -1.35. The Labute approximate surface area is 317 Å². The predicted octanol–water partition coefficient (Wildman–Crippen LogP) is 9.00. The number of rotatable bonds is 17. The van der Waals surface area contributed by atoms with Crippen LogP contribution in [0.5, 0.6) is 0 Å². The first-order valence-corrected chi connectivity index (χ1v) is 21.1. The fraction of sp³-hybridized carbons (Fsp3) is 1.00. The number of hydroxylamine groups is 4. The van der Waals surface area contributed by atoms with Gasteiger partial charge in [-0.1, -0.05) is 68.2 Å². The van der Waals surface area contributed by atoms with Crippen molar-refractivity contribution in [2.75, 3.05) is 52.9 Å². The standard InChI is InChI=1S/C42H80N2O8/c1-13-35(9)25-41(33(7)37(11,15-3)43(35)45)49-29-39(17-5,30-50-41)27-47-23-21-19-20-22-24-48-28-40(18-6)31-51-42(52-32-40)26-36(10,14-2)44(46)38(12,16-4)34(42)8/h33-34,45-46H,13-32H2,1-12H3. The van der Waals surface area contributed by atoms with Crippen molar-refractivity contribution < 1.29 is 38.8 Å². The van der Waals surface area contributed by atoms with Crippen molar-refractivity contribution in [3.05, 3.63) is 0 Å². The van der Waals surface area contributed by atoms with Crippen molar-refractivity contribution in [3.8, 4) is 0 Å². The predicted molar refractivity (Wildman–Crippen MR) is 204 cm³/mol. The minimum absolute atomic E-state index is 0.0211. The van der Waals surface area contributed by atoms with Crippen LogP contribution in [0.4, 0.5) is 0 Å². The molecule has 0 aromatic rings. The van der Waals surface area contributed by atoms with Gasteiger partial charge in [-0.2, -0.15) is 10.1 Å². The largest absolute Gasteiger partial charge is 0.381 e. The molecule has 4 aliphatic rings. The highest BCUT2D eigenvalue weighted by Crippen LogP contribution is 2.55. The maximum Gasteiger partial charge on any atom is 0.174 e. The van der Waals surface area contributed by atoms with Crippen LogP contribution in [-0.4, -0.2) is 107 Å². The third-order valence-corrected chi connectivity index (χ3v) is 15.5. The zero-order valence-electron chi connectivity index (χ0n) is 35.5. The molecule has 10 heteroatoms. The highest BCUT2D eigenvalue weighted by atomic mass is 16.7. The summed E-state index contributed by atoms with van der Waals surface area (Å²) in [6.07, 6.45) is 10.7. The normalized spacial score (nSPS) is 44.9. The van der Waals surface area contributed by atoms with Crippen LogP contribution >= 0.6 is 0 Å². The van der Waals surface area contributed by atoms with Gasteiger partial charge < -0.3 is 38.8 Å². The second kappa shape index (κ2) is 17.0. The molecule has 6 atom stereocenters. The van der Waals surface area contributed by atoms with Crippen LogP contribution in [-0.2, 0) is 28.4 Å². The van der Waals surface area contributed by atoms with E-state index < -0.39 is 33.7 Å². The molecule has 2 N–H and O–H groups in total. The summed E-state index contributed by atoms with van der Waals surface area (Å²) in [5.41, 5.74) is -1.97. The zero-order valence-corrected chi connectivity index (χ0v) is 35.5. The molecular weight excluding hydrogens is 660 g/mol. The maximum absolute atomic E-state index is 11.3. The molecule has 4 heterocycles. The van der Waals surface area contributed by atoms with Crippen LogP contribution in [0.2, 0.25) is 0 Å². The average Bonchev–Trinajstić information content (AvgIpc) is 3.17. The summed E-state index contributed by atoms with van der Waals surface area (Å²) in [6.45, 7) is 31.0. The molecule has 0 bridgehead atoms. The summed E-state index contributed by atoms with van der Waals surface area (Å²) >= 11 is 0. The van der Waals surface area contributed by atoms with Crippen LogP contribution in [0.3, 0.4) is 0 Å². The van der Waals surface area contributed by atoms with E-state index in [1.807, 2.05) is 0 Å². The van der Waals surface area contributed by atoms with E-state index in [0.29, 0.717) is 52.5 Å². The quantitative estimate of drug-likeness (QED) is 0.141. The van der Waals surface area contributed by atoms with Crippen molar-refractivity contribution in [2.45, 2.75) is 194 Å². The molecule has 306 valence electrons. The lowest BCUT2D eigenvalue weighted by molar-refractivity contribution is -0.403. The number of hydrogen-bond donors (Lipinski definition) is 2. The van der Waals surface area contributed by atoms with Gasteiger partial charge in [-0.25, -0.2) is 0 Å². The van der Waals surface area contributed by atoms with E-state index in [-0.39, 0.29) is 22.7 Å². The van der Waals surface area contributed by atoms with Gasteiger partial charge >= 0.3 is 0 Å². The first-order valence-electron chi connectivity index (χ1n) is 21.1. The first kappa shape index (κ1) is 44.3. The van der Waals surface area contributed by atoms with Gasteiger partial charge in [0.1, 0.15) is 0 Å². The molecular formula is C42H80N2O8. The minimum Gasteiger partial charge on any atom is -0.381 e. The molecule has 0 aromatic heterocycles. The molecule has 0 amide bonds. The molecule has 0 aliphatic carbocycles. The van der Waals surface area contributed by atoms with Crippen LogP contribution < -0.4 is 0 Å². The fourth-order valence-electron chi connectivity index (χ4n) is 9.62. The topological polar surface area (TPSA) is 102 Å². The lowest BCUT2D eigenvalue weighted by atomic mass is 9.67. The molecule has 4 aliphatic heterocycles. The van der Waals surface area contributed by atoms with Crippen LogP contribution in [0, 0.1) is 22.7 Å². The van der Waals surface area contributed by atoms with E-state index in [9.17, 15) is 10.4 Å². The minimum atomic E-state index is -0.698. The Bertz CT molecular complexity index is 1040. The Hall–Kier alpha value is -0.400. The van der Waals surface area contributed by atoms with Gasteiger partial charge in [0.15, 0.2) is 11.6 Å². The third-order valence-electron chi connectivity index (χ3n) is 15.5. The first-order chi connectivity index (χ1) is 24.4. The van der Waals surface area contributed by atoms with Gasteiger partial charge in [0.25, 0.3) is 0 Å². The monoisotopic (exact) mass is 741 g/mol. The molecule has 0 radical (unpaired) electrons. The Morgan fingerprint density at radius 2 is 0.846 bits per heavy atom. The van der Waals surface area contributed by atoms with Gasteiger partial charge in [-0.3, -0.25) is 0 Å². The Balaban J connectivity index is 1.15. The average molecular weight is 741 g/mol. The lowest BCUT2D eigenvalue weighted by Crippen LogP contribution is -2.73. The van der Waals surface area contributed by atoms with Crippen LogP contribution in [0.15, 0.2) is 0 Å². The molecule has 0 saturated carbocycles. The van der Waals surface area contributed by atoms with Crippen LogP contribution in [0.25, 0.3) is 0 Å². The Morgan fingerprint density at radius 3 is 1.12 bits per heavy atom. The molecule has 4 fully saturated rings. The van der Waals surface area contributed by atoms with E-state index in [2.05, 4.69) is 83.1 Å². The van der Waals surface area contributed by atoms with E-state index in [1.165, 1.54) is 0 Å². The second-order valence-corrected chi connectivity index (χ2v) is 18.5. The molecule has 4 saturated heterocycles. The molecule has 10 nitrogen and oxygen atoms in total. The van der Waals surface area contributed by atoms with E-state index in [0.717, 1.165) is 77.4 Å². The number of nitrogens with zero attached hydrogens (tertiary/aromatic N) is 2. The van der Waals surface area contributed by atoms with Gasteiger partial charge in [-0.05, 0) is 79.1 Å². The summed E-state index contributed by atoms with van der Waals surface area (Å²) in [6, 6.07) is 0.